The van der Waals surface area contributed by atoms with Gasteiger partial charge in [-0.25, -0.2) is 0 Å². The van der Waals surface area contributed by atoms with Gasteiger partial charge in [0, 0.05) is 0 Å². The molecule has 0 amide bonds. The first-order valence-corrected chi connectivity index (χ1v) is 4.35. The zero-order valence-electron chi connectivity index (χ0n) is 5.91. The highest BCUT2D eigenvalue weighted by Crippen LogP contribution is 2.39. The van der Waals surface area contributed by atoms with Gasteiger partial charge >= 0.3 is 0 Å². The van der Waals surface area contributed by atoms with E-state index in [0.717, 1.165) is 10.6 Å². The summed E-state index contributed by atoms with van der Waals surface area (Å²) in [5.74, 6) is 0.926. The lowest BCUT2D eigenvalue weighted by atomic mass is 10.3. The van der Waals surface area contributed by atoms with Gasteiger partial charge in [-0.1, -0.05) is 23.9 Å². The van der Waals surface area contributed by atoms with E-state index in [4.69, 9.17) is 10.5 Å². The molecule has 1 N–H and O–H groups in total. The molecule has 0 spiro atoms. The van der Waals surface area contributed by atoms with Crippen molar-refractivity contribution in [2.24, 2.45) is 0 Å². The molecule has 57 valence electrons. The number of hydrogen-bond donors (Lipinski definition) is 0. The Hall–Kier alpha value is -0.670. The Labute approximate surface area is 69.7 Å². The van der Waals surface area contributed by atoms with E-state index < -0.39 is 0 Å². The summed E-state index contributed by atoms with van der Waals surface area (Å²) in [4.78, 5) is 1.16. The van der Waals surface area contributed by atoms with Crippen molar-refractivity contribution in [2.75, 3.05) is 6.54 Å². The molecule has 1 aliphatic heterocycles. The number of thioether (sulfide) groups is 1. The lowest BCUT2D eigenvalue weighted by molar-refractivity contribution is 0.300. The Morgan fingerprint density at radius 1 is 1.45 bits per heavy atom. The second kappa shape index (κ2) is 2.75. The van der Waals surface area contributed by atoms with E-state index in [9.17, 15) is 0 Å². The molecule has 1 heterocycles. The summed E-state index contributed by atoms with van der Waals surface area (Å²) < 4.78 is 5.43. The highest BCUT2D eigenvalue weighted by atomic mass is 32.2. The van der Waals surface area contributed by atoms with Gasteiger partial charge in [-0.3, -0.25) is 5.73 Å². The van der Waals surface area contributed by atoms with Crippen molar-refractivity contribution in [3.63, 3.8) is 0 Å². The molecular formula is C8H8NOS. The summed E-state index contributed by atoms with van der Waals surface area (Å²) in [6.45, 7) is 0.319. The zero-order valence-corrected chi connectivity index (χ0v) is 6.73. The largest absolute Gasteiger partial charge is 0.477 e. The third-order valence-corrected chi connectivity index (χ3v) is 2.65. The van der Waals surface area contributed by atoms with E-state index in [1.165, 1.54) is 0 Å². The first kappa shape index (κ1) is 7.00. The Morgan fingerprint density at radius 3 is 3.00 bits per heavy atom. The fourth-order valence-electron chi connectivity index (χ4n) is 1.04. The number of nitrogens with one attached hydrogen (secondary N) is 1. The van der Waals surface area contributed by atoms with Gasteiger partial charge in [0.05, 0.1) is 11.4 Å². The first-order valence-electron chi connectivity index (χ1n) is 3.47. The maximum atomic E-state index is 7.13. The molecule has 1 unspecified atom stereocenters. The van der Waals surface area contributed by atoms with Gasteiger partial charge in [0.1, 0.15) is 5.75 Å². The van der Waals surface area contributed by atoms with Crippen LogP contribution < -0.4 is 10.5 Å². The molecule has 3 heteroatoms. The van der Waals surface area contributed by atoms with E-state index in [0.29, 0.717) is 6.54 Å². The molecule has 0 bridgehead atoms. The minimum absolute atomic E-state index is 0.00685. The molecule has 0 saturated heterocycles. The van der Waals surface area contributed by atoms with Gasteiger partial charge in [0.15, 0.2) is 5.44 Å². The minimum atomic E-state index is 0.00685. The molecule has 0 aromatic heterocycles. The summed E-state index contributed by atoms with van der Waals surface area (Å²) in [6, 6.07) is 7.90. The van der Waals surface area contributed by atoms with Gasteiger partial charge in [0.2, 0.25) is 0 Å². The van der Waals surface area contributed by atoms with Crippen LogP contribution in [0.15, 0.2) is 29.2 Å². The molecular weight excluding hydrogens is 158 g/mol. The topological polar surface area (TPSA) is 33.0 Å². The fourth-order valence-corrected chi connectivity index (χ4v) is 1.94. The predicted molar refractivity (Wildman–Crippen MR) is 44.7 cm³/mol. The smallest absolute Gasteiger partial charge is 0.162 e. The Bertz CT molecular complexity index is 239. The third-order valence-electron chi connectivity index (χ3n) is 1.53. The van der Waals surface area contributed by atoms with Crippen molar-refractivity contribution in [3.8, 4) is 5.75 Å². The quantitative estimate of drug-likeness (QED) is 0.637. The van der Waals surface area contributed by atoms with Crippen molar-refractivity contribution in [1.82, 2.24) is 5.73 Å². The summed E-state index contributed by atoms with van der Waals surface area (Å²) in [7, 11) is 0. The lowest BCUT2D eigenvalue weighted by Gasteiger charge is -2.03. The van der Waals surface area contributed by atoms with Crippen LogP contribution in [-0.2, 0) is 0 Å². The summed E-state index contributed by atoms with van der Waals surface area (Å²) in [5, 5.41) is 0. The maximum Gasteiger partial charge on any atom is 0.162 e. The Balaban J connectivity index is 2.27. The first-order chi connectivity index (χ1) is 5.40. The van der Waals surface area contributed by atoms with Crippen LogP contribution in [0.5, 0.6) is 5.75 Å². The molecule has 1 atom stereocenters. The van der Waals surface area contributed by atoms with Gasteiger partial charge < -0.3 is 4.74 Å². The second-order valence-electron chi connectivity index (χ2n) is 2.32. The predicted octanol–water partition coefficient (Wildman–Crippen LogP) is 1.78. The van der Waals surface area contributed by atoms with Crippen LogP contribution in [0.25, 0.3) is 0 Å². The Kier molecular flexibility index (Phi) is 1.75. The van der Waals surface area contributed by atoms with E-state index in [1.54, 1.807) is 11.8 Å². The van der Waals surface area contributed by atoms with Gasteiger partial charge in [-0.2, -0.15) is 0 Å². The number of hydrogen-bond acceptors (Lipinski definition) is 2. The van der Waals surface area contributed by atoms with Crippen molar-refractivity contribution in [3.05, 3.63) is 24.3 Å². The molecule has 2 rings (SSSR count). The number of rotatable bonds is 1. The van der Waals surface area contributed by atoms with Crippen LogP contribution in [0.3, 0.4) is 0 Å². The minimum Gasteiger partial charge on any atom is -0.477 e. The molecule has 1 aromatic rings. The molecule has 2 nitrogen and oxygen atoms in total. The van der Waals surface area contributed by atoms with Crippen LogP contribution in [0.2, 0.25) is 0 Å². The third kappa shape index (κ3) is 1.21. The highest BCUT2D eigenvalue weighted by Gasteiger charge is 2.21. The van der Waals surface area contributed by atoms with Crippen molar-refractivity contribution in [1.29, 1.82) is 0 Å². The van der Waals surface area contributed by atoms with Gasteiger partial charge in [-0.05, 0) is 12.1 Å². The van der Waals surface area contributed by atoms with Crippen LogP contribution >= 0.6 is 11.8 Å². The maximum absolute atomic E-state index is 7.13. The average Bonchev–Trinajstić information content (AvgIpc) is 2.46. The zero-order chi connectivity index (χ0) is 7.68. The van der Waals surface area contributed by atoms with Crippen molar-refractivity contribution < 1.29 is 4.74 Å². The van der Waals surface area contributed by atoms with Crippen molar-refractivity contribution >= 4 is 11.8 Å². The normalized spacial score (nSPS) is 21.0. The lowest BCUT2D eigenvalue weighted by Crippen LogP contribution is -2.12. The number of benzene rings is 1. The summed E-state index contributed by atoms with van der Waals surface area (Å²) in [5.41, 5.74) is 7.14. The van der Waals surface area contributed by atoms with Crippen LogP contribution in [-0.4, -0.2) is 12.0 Å². The second-order valence-corrected chi connectivity index (χ2v) is 3.52. The van der Waals surface area contributed by atoms with E-state index >= 15 is 0 Å². The summed E-state index contributed by atoms with van der Waals surface area (Å²) >= 11 is 1.63. The van der Waals surface area contributed by atoms with E-state index in [-0.39, 0.29) is 5.44 Å². The van der Waals surface area contributed by atoms with Crippen molar-refractivity contribution in [2.45, 2.75) is 10.3 Å². The number of ether oxygens (including phenoxy) is 1. The molecule has 1 aromatic carbocycles. The van der Waals surface area contributed by atoms with Crippen LogP contribution in [0.4, 0.5) is 0 Å². The van der Waals surface area contributed by atoms with Crippen LogP contribution in [0.1, 0.15) is 0 Å². The van der Waals surface area contributed by atoms with Gasteiger partial charge in [0.25, 0.3) is 0 Å². The average molecular weight is 166 g/mol. The Morgan fingerprint density at radius 2 is 2.27 bits per heavy atom. The standard InChI is InChI=1S/C8H8NOS/c9-5-8-10-6-3-1-2-4-7(6)11-8/h1-4,8-9H,5H2. The molecule has 1 radical (unpaired) electrons. The monoisotopic (exact) mass is 166 g/mol. The highest BCUT2D eigenvalue weighted by molar-refractivity contribution is 8.00. The fraction of sp³-hybridized carbons (Fsp3) is 0.250. The number of para-hydroxylation sites is 1. The summed E-state index contributed by atoms with van der Waals surface area (Å²) in [6.07, 6.45) is 0. The SMILES string of the molecule is [NH]CC1Oc2ccccc2S1. The van der Waals surface area contributed by atoms with Crippen LogP contribution in [0, 0.1) is 0 Å². The molecule has 0 aliphatic carbocycles. The molecule has 0 saturated carbocycles. The van der Waals surface area contributed by atoms with E-state index in [1.807, 2.05) is 24.3 Å². The van der Waals surface area contributed by atoms with E-state index in [2.05, 4.69) is 0 Å². The molecule has 1 aliphatic rings. The molecule has 0 fully saturated rings. The molecule has 11 heavy (non-hydrogen) atoms. The number of fused-ring (bicyclic) bond motifs is 1. The van der Waals surface area contributed by atoms with Gasteiger partial charge in [-0.15, -0.1) is 0 Å².